The van der Waals surface area contributed by atoms with Crippen molar-refractivity contribution < 1.29 is 4.79 Å². The van der Waals surface area contributed by atoms with Crippen molar-refractivity contribution in [2.24, 2.45) is 0 Å². The Morgan fingerprint density at radius 3 is 2.45 bits per heavy atom. The lowest BCUT2D eigenvalue weighted by atomic mass is 10.1. The van der Waals surface area contributed by atoms with Crippen LogP contribution in [-0.4, -0.2) is 19.0 Å². The molecular weight excluding hydrogens is 272 g/mol. The standard InChI is InChI=1S/C19H24N2O/c1-5-21(18-8-6-7-14(2)11-18)13-19(22)20-17-10-9-15(3)16(4)12-17/h6-12H,5,13H2,1-4H3,(H,20,22). The molecule has 3 nitrogen and oxygen atoms in total. The average Bonchev–Trinajstić information content (AvgIpc) is 2.48. The van der Waals surface area contributed by atoms with Gasteiger partial charge in [-0.15, -0.1) is 0 Å². The molecule has 0 atom stereocenters. The van der Waals surface area contributed by atoms with E-state index in [0.29, 0.717) is 6.54 Å². The number of hydrogen-bond donors (Lipinski definition) is 1. The number of carbonyl (C=O) groups excluding carboxylic acids is 1. The van der Waals surface area contributed by atoms with Crippen LogP contribution in [0.5, 0.6) is 0 Å². The number of rotatable bonds is 5. The molecule has 0 heterocycles. The summed E-state index contributed by atoms with van der Waals surface area (Å²) in [6, 6.07) is 14.2. The van der Waals surface area contributed by atoms with Gasteiger partial charge >= 0.3 is 0 Å². The van der Waals surface area contributed by atoms with Crippen LogP contribution in [0.1, 0.15) is 23.6 Å². The van der Waals surface area contributed by atoms with Gasteiger partial charge in [0.2, 0.25) is 5.91 Å². The molecule has 0 fully saturated rings. The van der Waals surface area contributed by atoms with Crippen molar-refractivity contribution in [2.45, 2.75) is 27.7 Å². The minimum atomic E-state index is 0.00612. The monoisotopic (exact) mass is 296 g/mol. The van der Waals surface area contributed by atoms with E-state index in [0.717, 1.165) is 17.9 Å². The topological polar surface area (TPSA) is 32.3 Å². The molecule has 0 radical (unpaired) electrons. The summed E-state index contributed by atoms with van der Waals surface area (Å²) in [6.07, 6.45) is 0. The number of amides is 1. The van der Waals surface area contributed by atoms with Crippen molar-refractivity contribution in [2.75, 3.05) is 23.3 Å². The van der Waals surface area contributed by atoms with E-state index in [1.807, 2.05) is 30.3 Å². The van der Waals surface area contributed by atoms with Crippen molar-refractivity contribution in [3.63, 3.8) is 0 Å². The first kappa shape index (κ1) is 16.1. The average molecular weight is 296 g/mol. The van der Waals surface area contributed by atoms with E-state index < -0.39 is 0 Å². The fraction of sp³-hybridized carbons (Fsp3) is 0.316. The molecule has 1 N–H and O–H groups in total. The Labute approximate surface area is 133 Å². The summed E-state index contributed by atoms with van der Waals surface area (Å²) >= 11 is 0. The lowest BCUT2D eigenvalue weighted by Gasteiger charge is -2.23. The molecule has 116 valence electrons. The van der Waals surface area contributed by atoms with Crippen LogP contribution in [0.4, 0.5) is 11.4 Å². The highest BCUT2D eigenvalue weighted by Crippen LogP contribution is 2.17. The Balaban J connectivity index is 2.04. The van der Waals surface area contributed by atoms with E-state index >= 15 is 0 Å². The van der Waals surface area contributed by atoms with E-state index in [2.05, 4.69) is 50.0 Å². The summed E-state index contributed by atoms with van der Waals surface area (Å²) in [5.41, 5.74) is 5.55. The number of likely N-dealkylation sites (N-methyl/N-ethyl adjacent to an activating group) is 1. The second-order valence-corrected chi connectivity index (χ2v) is 5.70. The highest BCUT2D eigenvalue weighted by atomic mass is 16.2. The number of nitrogens with one attached hydrogen (secondary N) is 1. The predicted octanol–water partition coefficient (Wildman–Crippen LogP) is 4.08. The van der Waals surface area contributed by atoms with Gasteiger partial charge in [-0.3, -0.25) is 4.79 Å². The van der Waals surface area contributed by atoms with E-state index in [-0.39, 0.29) is 5.91 Å². The molecule has 1 amide bonds. The van der Waals surface area contributed by atoms with E-state index in [1.165, 1.54) is 16.7 Å². The fourth-order valence-electron chi connectivity index (χ4n) is 2.40. The second-order valence-electron chi connectivity index (χ2n) is 5.70. The summed E-state index contributed by atoms with van der Waals surface area (Å²) in [5.74, 6) is 0.00612. The van der Waals surface area contributed by atoms with Crippen molar-refractivity contribution in [3.8, 4) is 0 Å². The summed E-state index contributed by atoms with van der Waals surface area (Å²) < 4.78 is 0. The summed E-state index contributed by atoms with van der Waals surface area (Å²) in [6.45, 7) is 9.39. The zero-order valence-electron chi connectivity index (χ0n) is 13.8. The molecule has 3 heteroatoms. The molecule has 0 aromatic heterocycles. The highest BCUT2D eigenvalue weighted by Gasteiger charge is 2.10. The number of anilines is 2. The third-order valence-corrected chi connectivity index (χ3v) is 3.87. The first-order valence-electron chi connectivity index (χ1n) is 7.68. The number of benzene rings is 2. The van der Waals surface area contributed by atoms with Gasteiger partial charge in [0.25, 0.3) is 0 Å². The highest BCUT2D eigenvalue weighted by molar-refractivity contribution is 5.94. The van der Waals surface area contributed by atoms with Gasteiger partial charge in [0.1, 0.15) is 0 Å². The van der Waals surface area contributed by atoms with Gasteiger partial charge in [-0.1, -0.05) is 18.2 Å². The largest absolute Gasteiger partial charge is 0.362 e. The van der Waals surface area contributed by atoms with Crippen molar-refractivity contribution in [1.82, 2.24) is 0 Å². The maximum Gasteiger partial charge on any atom is 0.243 e. The predicted molar refractivity (Wildman–Crippen MR) is 93.6 cm³/mol. The van der Waals surface area contributed by atoms with Crippen molar-refractivity contribution in [1.29, 1.82) is 0 Å². The molecule has 0 aliphatic rings. The Bertz CT molecular complexity index is 664. The van der Waals surface area contributed by atoms with Gasteiger partial charge in [0.15, 0.2) is 0 Å². The fourth-order valence-corrected chi connectivity index (χ4v) is 2.40. The van der Waals surface area contributed by atoms with Crippen LogP contribution in [0.15, 0.2) is 42.5 Å². The zero-order chi connectivity index (χ0) is 16.1. The van der Waals surface area contributed by atoms with Gasteiger partial charge in [-0.25, -0.2) is 0 Å². The molecule has 0 spiro atoms. The number of carbonyl (C=O) groups is 1. The van der Waals surface area contributed by atoms with Crippen LogP contribution in [0.25, 0.3) is 0 Å². The van der Waals surface area contributed by atoms with E-state index in [9.17, 15) is 4.79 Å². The quantitative estimate of drug-likeness (QED) is 0.901. The number of nitrogens with zero attached hydrogens (tertiary/aromatic N) is 1. The molecule has 0 bridgehead atoms. The molecule has 2 aromatic rings. The van der Waals surface area contributed by atoms with Crippen LogP contribution < -0.4 is 10.2 Å². The lowest BCUT2D eigenvalue weighted by Crippen LogP contribution is -2.33. The molecule has 0 aliphatic heterocycles. The molecular formula is C19H24N2O. The van der Waals surface area contributed by atoms with Gasteiger partial charge in [0.05, 0.1) is 6.54 Å². The van der Waals surface area contributed by atoms with Crippen LogP contribution in [0.3, 0.4) is 0 Å². The zero-order valence-corrected chi connectivity index (χ0v) is 13.8. The normalized spacial score (nSPS) is 10.4. The molecule has 22 heavy (non-hydrogen) atoms. The maximum atomic E-state index is 12.3. The first-order valence-corrected chi connectivity index (χ1v) is 7.68. The molecule has 0 unspecified atom stereocenters. The molecule has 0 saturated heterocycles. The Hall–Kier alpha value is -2.29. The second kappa shape index (κ2) is 7.12. The van der Waals surface area contributed by atoms with Gasteiger partial charge in [-0.05, 0) is 68.7 Å². The van der Waals surface area contributed by atoms with Gasteiger partial charge < -0.3 is 10.2 Å². The molecule has 0 saturated carbocycles. The van der Waals surface area contributed by atoms with Crippen LogP contribution >= 0.6 is 0 Å². The van der Waals surface area contributed by atoms with E-state index in [4.69, 9.17) is 0 Å². The smallest absolute Gasteiger partial charge is 0.243 e. The Morgan fingerprint density at radius 1 is 1.05 bits per heavy atom. The summed E-state index contributed by atoms with van der Waals surface area (Å²) in [5, 5.41) is 2.98. The SMILES string of the molecule is CCN(CC(=O)Nc1ccc(C)c(C)c1)c1cccc(C)c1. The number of hydrogen-bond acceptors (Lipinski definition) is 2. The van der Waals surface area contributed by atoms with Crippen LogP contribution in [0.2, 0.25) is 0 Å². The summed E-state index contributed by atoms with van der Waals surface area (Å²) in [7, 11) is 0. The Kier molecular flexibility index (Phi) is 5.21. The minimum Gasteiger partial charge on any atom is -0.362 e. The van der Waals surface area contributed by atoms with Gasteiger partial charge in [-0.2, -0.15) is 0 Å². The van der Waals surface area contributed by atoms with Crippen LogP contribution in [-0.2, 0) is 4.79 Å². The maximum absolute atomic E-state index is 12.3. The summed E-state index contributed by atoms with van der Waals surface area (Å²) in [4.78, 5) is 14.4. The third-order valence-electron chi connectivity index (χ3n) is 3.87. The van der Waals surface area contributed by atoms with E-state index in [1.54, 1.807) is 0 Å². The van der Waals surface area contributed by atoms with Gasteiger partial charge in [0, 0.05) is 17.9 Å². The lowest BCUT2D eigenvalue weighted by molar-refractivity contribution is -0.115. The van der Waals surface area contributed by atoms with Crippen LogP contribution in [0, 0.1) is 20.8 Å². The van der Waals surface area contributed by atoms with Crippen molar-refractivity contribution >= 4 is 17.3 Å². The first-order chi connectivity index (χ1) is 10.5. The minimum absolute atomic E-state index is 0.00612. The Morgan fingerprint density at radius 2 is 1.82 bits per heavy atom. The number of aryl methyl sites for hydroxylation is 3. The molecule has 2 aromatic carbocycles. The molecule has 2 rings (SSSR count). The molecule has 0 aliphatic carbocycles. The van der Waals surface area contributed by atoms with Crippen molar-refractivity contribution in [3.05, 3.63) is 59.2 Å². The third kappa shape index (κ3) is 4.10.